The van der Waals surface area contributed by atoms with Gasteiger partial charge in [0.25, 0.3) is 0 Å². The van der Waals surface area contributed by atoms with Gasteiger partial charge in [0.05, 0.1) is 5.69 Å². The zero-order valence-corrected chi connectivity index (χ0v) is 11.2. The number of amides is 1. The third kappa shape index (κ3) is 2.84. The number of hydrogen-bond acceptors (Lipinski definition) is 2. The van der Waals surface area contributed by atoms with Crippen LogP contribution in [0.15, 0.2) is 42.5 Å². The van der Waals surface area contributed by atoms with Gasteiger partial charge in [0.1, 0.15) is 11.4 Å². The molecule has 0 heterocycles. The fraction of sp³-hybridized carbons (Fsp3) is 0.133. The van der Waals surface area contributed by atoms with Crippen LogP contribution in [-0.4, -0.2) is 5.91 Å². The van der Waals surface area contributed by atoms with Crippen LogP contribution in [0.5, 0.6) is 0 Å². The Bertz CT molecular complexity index is 690. The van der Waals surface area contributed by atoms with E-state index in [0.717, 1.165) is 12.1 Å². The van der Waals surface area contributed by atoms with E-state index in [9.17, 15) is 18.0 Å². The highest BCUT2D eigenvalue weighted by molar-refractivity contribution is 5.89. The van der Waals surface area contributed by atoms with E-state index in [1.54, 1.807) is 6.07 Å². The topological polar surface area (TPSA) is 55.1 Å². The maximum absolute atomic E-state index is 13.7. The predicted octanol–water partition coefficient (Wildman–Crippen LogP) is 2.92. The van der Waals surface area contributed by atoms with Crippen molar-refractivity contribution in [3.8, 4) is 0 Å². The first kappa shape index (κ1) is 14.9. The molecule has 2 aromatic rings. The Morgan fingerprint density at radius 2 is 1.71 bits per heavy atom. The Balaban J connectivity index is 2.48. The number of halogens is 3. The maximum Gasteiger partial charge on any atom is 0.247 e. The quantitative estimate of drug-likeness (QED) is 0.911. The number of carbonyl (C=O) groups is 1. The zero-order chi connectivity index (χ0) is 15.6. The van der Waals surface area contributed by atoms with E-state index in [0.29, 0.717) is 0 Å². The molecule has 0 aromatic heterocycles. The van der Waals surface area contributed by atoms with Crippen LogP contribution in [0.1, 0.15) is 12.5 Å². The number of benzene rings is 2. The standard InChI is InChI=1S/C15H13F3N2O/c1-15(14(19)21,9-6-7-10(16)12(18)8-9)20-13-5-3-2-4-11(13)17/h2-8,20H,1H3,(H2,19,21). The first-order valence-corrected chi connectivity index (χ1v) is 6.13. The summed E-state index contributed by atoms with van der Waals surface area (Å²) in [6.07, 6.45) is 0. The zero-order valence-electron chi connectivity index (χ0n) is 11.2. The number of nitrogens with one attached hydrogen (secondary N) is 1. The molecule has 0 bridgehead atoms. The third-order valence-electron chi connectivity index (χ3n) is 3.25. The van der Waals surface area contributed by atoms with Gasteiger partial charge in [-0.3, -0.25) is 4.79 Å². The second-order valence-corrected chi connectivity index (χ2v) is 4.72. The molecule has 0 aliphatic heterocycles. The van der Waals surface area contributed by atoms with Crippen molar-refractivity contribution >= 4 is 11.6 Å². The average Bonchev–Trinajstić information content (AvgIpc) is 2.44. The molecule has 0 aliphatic rings. The molecule has 1 amide bonds. The van der Waals surface area contributed by atoms with Gasteiger partial charge in [-0.2, -0.15) is 0 Å². The van der Waals surface area contributed by atoms with Gasteiger partial charge in [0, 0.05) is 0 Å². The summed E-state index contributed by atoms with van der Waals surface area (Å²) in [5.41, 5.74) is 3.89. The van der Waals surface area contributed by atoms with Gasteiger partial charge in [-0.1, -0.05) is 18.2 Å². The van der Waals surface area contributed by atoms with Crippen LogP contribution in [0.4, 0.5) is 18.9 Å². The lowest BCUT2D eigenvalue weighted by Crippen LogP contribution is -2.45. The van der Waals surface area contributed by atoms with Crippen molar-refractivity contribution in [1.82, 2.24) is 0 Å². The van der Waals surface area contributed by atoms with Crippen LogP contribution in [-0.2, 0) is 10.3 Å². The smallest absolute Gasteiger partial charge is 0.247 e. The van der Waals surface area contributed by atoms with E-state index < -0.39 is 28.9 Å². The average molecular weight is 294 g/mol. The van der Waals surface area contributed by atoms with Crippen molar-refractivity contribution in [3.05, 3.63) is 65.5 Å². The van der Waals surface area contributed by atoms with Crippen molar-refractivity contribution in [2.24, 2.45) is 5.73 Å². The Labute approximate surface area is 119 Å². The van der Waals surface area contributed by atoms with Crippen molar-refractivity contribution < 1.29 is 18.0 Å². The van der Waals surface area contributed by atoms with Crippen molar-refractivity contribution in [1.29, 1.82) is 0 Å². The van der Waals surface area contributed by atoms with Crippen molar-refractivity contribution in [2.75, 3.05) is 5.32 Å². The van der Waals surface area contributed by atoms with E-state index >= 15 is 0 Å². The highest BCUT2D eigenvalue weighted by atomic mass is 19.2. The lowest BCUT2D eigenvalue weighted by molar-refractivity contribution is -0.122. The molecule has 1 atom stereocenters. The fourth-order valence-electron chi connectivity index (χ4n) is 1.92. The van der Waals surface area contributed by atoms with Gasteiger partial charge in [0.2, 0.25) is 5.91 Å². The molecule has 1 unspecified atom stereocenters. The molecule has 21 heavy (non-hydrogen) atoms. The Hall–Kier alpha value is -2.50. The van der Waals surface area contributed by atoms with E-state index in [2.05, 4.69) is 5.32 Å². The van der Waals surface area contributed by atoms with Crippen LogP contribution in [0.25, 0.3) is 0 Å². The normalized spacial score (nSPS) is 13.5. The lowest BCUT2D eigenvalue weighted by Gasteiger charge is -2.29. The number of hydrogen-bond donors (Lipinski definition) is 2. The highest BCUT2D eigenvalue weighted by Gasteiger charge is 2.34. The van der Waals surface area contributed by atoms with Crippen LogP contribution in [0, 0.1) is 17.5 Å². The minimum Gasteiger partial charge on any atom is -0.367 e. The number of anilines is 1. The van der Waals surface area contributed by atoms with Gasteiger partial charge in [0.15, 0.2) is 11.6 Å². The monoisotopic (exact) mass is 294 g/mol. The van der Waals surface area contributed by atoms with E-state index in [1.807, 2.05) is 0 Å². The van der Waals surface area contributed by atoms with Gasteiger partial charge in [-0.15, -0.1) is 0 Å². The Kier molecular flexibility index (Phi) is 3.88. The molecule has 0 spiro atoms. The molecule has 0 fully saturated rings. The largest absolute Gasteiger partial charge is 0.367 e. The number of primary amides is 1. The second-order valence-electron chi connectivity index (χ2n) is 4.72. The van der Waals surface area contributed by atoms with Gasteiger partial charge < -0.3 is 11.1 Å². The van der Waals surface area contributed by atoms with Gasteiger partial charge in [-0.25, -0.2) is 13.2 Å². The first-order chi connectivity index (χ1) is 9.84. The fourth-order valence-corrected chi connectivity index (χ4v) is 1.92. The summed E-state index contributed by atoms with van der Waals surface area (Å²) in [7, 11) is 0. The third-order valence-corrected chi connectivity index (χ3v) is 3.25. The Morgan fingerprint density at radius 1 is 1.05 bits per heavy atom. The lowest BCUT2D eigenvalue weighted by atomic mass is 9.90. The van der Waals surface area contributed by atoms with Crippen LogP contribution in [0.2, 0.25) is 0 Å². The molecular formula is C15H13F3N2O. The summed E-state index contributed by atoms with van der Waals surface area (Å²) in [5, 5.41) is 2.65. The molecule has 0 aliphatic carbocycles. The molecular weight excluding hydrogens is 281 g/mol. The molecule has 0 saturated heterocycles. The van der Waals surface area contributed by atoms with E-state index in [-0.39, 0.29) is 11.3 Å². The van der Waals surface area contributed by atoms with E-state index in [1.165, 1.54) is 31.2 Å². The van der Waals surface area contributed by atoms with Crippen LogP contribution >= 0.6 is 0 Å². The van der Waals surface area contributed by atoms with Gasteiger partial charge in [-0.05, 0) is 36.8 Å². The molecule has 0 radical (unpaired) electrons. The number of nitrogens with two attached hydrogens (primary N) is 1. The summed E-state index contributed by atoms with van der Waals surface area (Å²) < 4.78 is 40.1. The summed E-state index contributed by atoms with van der Waals surface area (Å²) in [5.74, 6) is -3.60. The molecule has 2 rings (SSSR count). The maximum atomic E-state index is 13.7. The van der Waals surface area contributed by atoms with Crippen molar-refractivity contribution in [3.63, 3.8) is 0 Å². The summed E-state index contributed by atoms with van der Waals surface area (Å²) in [6.45, 7) is 1.37. The second kappa shape index (κ2) is 5.47. The molecule has 0 saturated carbocycles. The predicted molar refractivity (Wildman–Crippen MR) is 72.9 cm³/mol. The number of carbonyl (C=O) groups excluding carboxylic acids is 1. The molecule has 3 N–H and O–H groups in total. The SMILES string of the molecule is CC(Nc1ccccc1F)(C(N)=O)c1ccc(F)c(F)c1. The van der Waals surface area contributed by atoms with Crippen LogP contribution in [0.3, 0.4) is 0 Å². The molecule has 2 aromatic carbocycles. The molecule has 6 heteroatoms. The molecule has 3 nitrogen and oxygen atoms in total. The molecule has 110 valence electrons. The Morgan fingerprint density at radius 3 is 2.29 bits per heavy atom. The highest BCUT2D eigenvalue weighted by Crippen LogP contribution is 2.28. The number of rotatable bonds is 4. The first-order valence-electron chi connectivity index (χ1n) is 6.13. The minimum absolute atomic E-state index is 0.0310. The van der Waals surface area contributed by atoms with Crippen LogP contribution < -0.4 is 11.1 Å². The minimum atomic E-state index is -1.59. The summed E-state index contributed by atoms with van der Waals surface area (Å²) in [6, 6.07) is 8.63. The summed E-state index contributed by atoms with van der Waals surface area (Å²) >= 11 is 0. The van der Waals surface area contributed by atoms with E-state index in [4.69, 9.17) is 5.73 Å². The summed E-state index contributed by atoms with van der Waals surface area (Å²) in [4.78, 5) is 11.8. The van der Waals surface area contributed by atoms with Crippen molar-refractivity contribution in [2.45, 2.75) is 12.5 Å². The van der Waals surface area contributed by atoms with Gasteiger partial charge >= 0.3 is 0 Å². The number of para-hydroxylation sites is 1.